The van der Waals surface area contributed by atoms with E-state index in [1.807, 2.05) is 0 Å². The number of hydrogen-bond donors (Lipinski definition) is 2. The third kappa shape index (κ3) is 4.50. The van der Waals surface area contributed by atoms with Gasteiger partial charge in [-0.25, -0.2) is 4.98 Å². The highest BCUT2D eigenvalue weighted by Gasteiger charge is 2.29. The summed E-state index contributed by atoms with van der Waals surface area (Å²) in [7, 11) is 0. The van der Waals surface area contributed by atoms with E-state index in [0.717, 1.165) is 12.8 Å². The summed E-state index contributed by atoms with van der Waals surface area (Å²) in [5.74, 6) is 0.833. The molecule has 0 atom stereocenters. The van der Waals surface area contributed by atoms with Gasteiger partial charge in [-0.05, 0) is 49.2 Å². The number of amides is 2. The van der Waals surface area contributed by atoms with Crippen molar-refractivity contribution in [2.45, 2.75) is 12.8 Å². The largest absolute Gasteiger partial charge is 0.437 e. The maximum Gasteiger partial charge on any atom is 0.255 e. The van der Waals surface area contributed by atoms with Crippen LogP contribution in [0.25, 0.3) is 0 Å². The summed E-state index contributed by atoms with van der Waals surface area (Å²) in [4.78, 5) is 32.3. The van der Waals surface area contributed by atoms with Crippen molar-refractivity contribution in [3.8, 4) is 11.6 Å². The predicted molar refractivity (Wildman–Crippen MR) is 104 cm³/mol. The Balaban J connectivity index is 1.39. The predicted octanol–water partition coefficient (Wildman–Crippen LogP) is 3.87. The van der Waals surface area contributed by atoms with Gasteiger partial charge in [0, 0.05) is 41.3 Å². The molecule has 1 fully saturated rings. The van der Waals surface area contributed by atoms with Crippen LogP contribution < -0.4 is 15.4 Å². The van der Waals surface area contributed by atoms with Crippen molar-refractivity contribution in [3.05, 3.63) is 72.7 Å². The van der Waals surface area contributed by atoms with Crippen LogP contribution in [-0.4, -0.2) is 21.8 Å². The van der Waals surface area contributed by atoms with Crippen LogP contribution in [0.4, 0.5) is 11.4 Å². The van der Waals surface area contributed by atoms with E-state index in [9.17, 15) is 9.59 Å². The number of nitrogens with zero attached hydrogens (tertiary/aromatic N) is 2. The van der Waals surface area contributed by atoms with Crippen LogP contribution in [-0.2, 0) is 4.79 Å². The number of ether oxygens (including phenoxy) is 1. The second-order valence-corrected chi connectivity index (χ2v) is 6.47. The van der Waals surface area contributed by atoms with Crippen molar-refractivity contribution in [2.75, 3.05) is 10.6 Å². The molecule has 4 rings (SSSR count). The average molecular weight is 374 g/mol. The Labute approximate surface area is 161 Å². The lowest BCUT2D eigenvalue weighted by molar-refractivity contribution is -0.117. The van der Waals surface area contributed by atoms with Crippen molar-refractivity contribution in [1.82, 2.24) is 9.97 Å². The van der Waals surface area contributed by atoms with Gasteiger partial charge in [0.2, 0.25) is 11.8 Å². The van der Waals surface area contributed by atoms with Crippen LogP contribution in [0.2, 0.25) is 0 Å². The van der Waals surface area contributed by atoms with Gasteiger partial charge in [-0.15, -0.1) is 0 Å². The lowest BCUT2D eigenvalue weighted by atomic mass is 10.2. The summed E-state index contributed by atoms with van der Waals surface area (Å²) in [6, 6.07) is 13.8. The molecule has 1 saturated carbocycles. The van der Waals surface area contributed by atoms with Gasteiger partial charge >= 0.3 is 0 Å². The standard InChI is InChI=1S/C21H18N4O3/c26-20(14-4-5-14)24-16-8-6-15(7-9-16)21(27)25-17-2-1-3-18(12-17)28-19-13-22-10-11-23-19/h1-3,6-14H,4-5H2,(H,24,26)(H,25,27). The summed E-state index contributed by atoms with van der Waals surface area (Å²) in [6.45, 7) is 0. The van der Waals surface area contributed by atoms with Gasteiger partial charge in [-0.1, -0.05) is 6.07 Å². The number of hydrogen-bond acceptors (Lipinski definition) is 5. The molecule has 1 aliphatic rings. The Hall–Kier alpha value is -3.74. The average Bonchev–Trinajstić information content (AvgIpc) is 3.55. The normalized spacial score (nSPS) is 12.9. The Morgan fingerprint density at radius 1 is 0.964 bits per heavy atom. The Kier molecular flexibility index (Phi) is 4.97. The molecule has 0 saturated heterocycles. The molecule has 0 radical (unpaired) electrons. The van der Waals surface area contributed by atoms with Crippen molar-refractivity contribution in [1.29, 1.82) is 0 Å². The highest BCUT2D eigenvalue weighted by atomic mass is 16.5. The molecule has 0 bridgehead atoms. The van der Waals surface area contributed by atoms with E-state index in [4.69, 9.17) is 4.74 Å². The molecule has 7 nitrogen and oxygen atoms in total. The Morgan fingerprint density at radius 3 is 2.50 bits per heavy atom. The van der Waals surface area contributed by atoms with Crippen molar-refractivity contribution < 1.29 is 14.3 Å². The van der Waals surface area contributed by atoms with Gasteiger partial charge < -0.3 is 15.4 Å². The van der Waals surface area contributed by atoms with Gasteiger partial charge in [0.05, 0.1) is 6.20 Å². The summed E-state index contributed by atoms with van der Waals surface area (Å²) in [5.41, 5.74) is 1.77. The second-order valence-electron chi connectivity index (χ2n) is 6.47. The quantitative estimate of drug-likeness (QED) is 0.683. The molecule has 140 valence electrons. The number of rotatable bonds is 6. The SMILES string of the molecule is O=C(Nc1cccc(Oc2cnccn2)c1)c1ccc(NC(=O)C2CC2)cc1. The zero-order valence-electron chi connectivity index (χ0n) is 15.0. The van der Waals surface area contributed by atoms with Crippen LogP contribution in [0.5, 0.6) is 11.6 Å². The molecule has 0 aliphatic heterocycles. The van der Waals surface area contributed by atoms with Crippen LogP contribution in [0.3, 0.4) is 0 Å². The fourth-order valence-electron chi connectivity index (χ4n) is 2.59. The van der Waals surface area contributed by atoms with Crippen LogP contribution >= 0.6 is 0 Å². The highest BCUT2D eigenvalue weighted by Crippen LogP contribution is 2.30. The zero-order valence-corrected chi connectivity index (χ0v) is 15.0. The summed E-state index contributed by atoms with van der Waals surface area (Å²) < 4.78 is 5.62. The summed E-state index contributed by atoms with van der Waals surface area (Å²) >= 11 is 0. The number of carbonyl (C=O) groups excluding carboxylic acids is 2. The Bertz CT molecular complexity index is 986. The molecule has 1 aromatic heterocycles. The van der Waals surface area contributed by atoms with Crippen LogP contribution in [0.15, 0.2) is 67.1 Å². The zero-order chi connectivity index (χ0) is 19.3. The highest BCUT2D eigenvalue weighted by molar-refractivity contribution is 6.04. The number of carbonyl (C=O) groups is 2. The molecule has 28 heavy (non-hydrogen) atoms. The number of anilines is 2. The fraction of sp³-hybridized carbons (Fsp3) is 0.143. The van der Waals surface area contributed by atoms with Crippen LogP contribution in [0, 0.1) is 5.92 Å². The minimum Gasteiger partial charge on any atom is -0.437 e. The first-order chi connectivity index (χ1) is 13.7. The van der Waals surface area contributed by atoms with Gasteiger partial charge in [0.25, 0.3) is 5.91 Å². The van der Waals surface area contributed by atoms with Crippen molar-refractivity contribution in [2.24, 2.45) is 5.92 Å². The van der Waals surface area contributed by atoms with Crippen LogP contribution in [0.1, 0.15) is 23.2 Å². The fourth-order valence-corrected chi connectivity index (χ4v) is 2.59. The third-order valence-electron chi connectivity index (χ3n) is 4.22. The summed E-state index contributed by atoms with van der Waals surface area (Å²) in [6.07, 6.45) is 6.51. The second kappa shape index (κ2) is 7.87. The molecule has 3 aromatic rings. The smallest absolute Gasteiger partial charge is 0.255 e. The summed E-state index contributed by atoms with van der Waals surface area (Å²) in [5, 5.41) is 5.68. The van der Waals surface area contributed by atoms with E-state index in [1.54, 1.807) is 54.7 Å². The minimum absolute atomic E-state index is 0.0390. The van der Waals surface area contributed by atoms with E-state index >= 15 is 0 Å². The van der Waals surface area contributed by atoms with E-state index < -0.39 is 0 Å². The van der Waals surface area contributed by atoms with Crippen molar-refractivity contribution >= 4 is 23.2 Å². The lowest BCUT2D eigenvalue weighted by Gasteiger charge is -2.09. The molecular weight excluding hydrogens is 356 g/mol. The number of aromatic nitrogens is 2. The van der Waals surface area contributed by atoms with Gasteiger partial charge in [0.1, 0.15) is 5.75 Å². The van der Waals surface area contributed by atoms with Gasteiger partial charge in [0.15, 0.2) is 0 Å². The molecule has 1 heterocycles. The molecule has 0 unspecified atom stereocenters. The van der Waals surface area contributed by atoms with Gasteiger partial charge in [-0.2, -0.15) is 0 Å². The number of benzene rings is 2. The minimum atomic E-state index is -0.253. The van der Waals surface area contributed by atoms with Gasteiger partial charge in [-0.3, -0.25) is 14.6 Å². The molecule has 2 amide bonds. The van der Waals surface area contributed by atoms with E-state index in [2.05, 4.69) is 20.6 Å². The van der Waals surface area contributed by atoms with E-state index in [0.29, 0.717) is 28.6 Å². The maximum absolute atomic E-state index is 12.5. The molecule has 0 spiro atoms. The topological polar surface area (TPSA) is 93.2 Å². The molecule has 2 aromatic carbocycles. The molecule has 7 heteroatoms. The number of nitrogens with one attached hydrogen (secondary N) is 2. The first-order valence-electron chi connectivity index (χ1n) is 8.93. The van der Waals surface area contributed by atoms with E-state index in [-0.39, 0.29) is 17.7 Å². The monoisotopic (exact) mass is 374 g/mol. The first kappa shape index (κ1) is 17.7. The lowest BCUT2D eigenvalue weighted by Crippen LogP contribution is -2.14. The third-order valence-corrected chi connectivity index (χ3v) is 4.22. The first-order valence-corrected chi connectivity index (χ1v) is 8.93. The Morgan fingerprint density at radius 2 is 1.79 bits per heavy atom. The maximum atomic E-state index is 12.5. The molecular formula is C21H18N4O3. The molecule has 1 aliphatic carbocycles. The molecule has 2 N–H and O–H groups in total. The van der Waals surface area contributed by atoms with E-state index in [1.165, 1.54) is 12.4 Å². The van der Waals surface area contributed by atoms with Crippen molar-refractivity contribution in [3.63, 3.8) is 0 Å².